The molecule has 0 fully saturated rings. The third-order valence-corrected chi connectivity index (χ3v) is 8.55. The molecule has 0 unspecified atom stereocenters. The van der Waals surface area contributed by atoms with Gasteiger partial charge in [-0.15, -0.1) is 0 Å². The molecule has 0 N–H and O–H groups in total. The lowest BCUT2D eigenvalue weighted by atomic mass is 10.1. The van der Waals surface area contributed by atoms with Gasteiger partial charge >= 0.3 is 17.9 Å². The van der Waals surface area contributed by atoms with Crippen molar-refractivity contribution in [1.82, 2.24) is 0 Å². The summed E-state index contributed by atoms with van der Waals surface area (Å²) in [6.45, 7) is 9.56. The highest BCUT2D eigenvalue weighted by Crippen LogP contribution is 2.20. The van der Waals surface area contributed by atoms with E-state index in [4.69, 9.17) is 14.2 Å². The number of hydrogen-bond acceptors (Lipinski definition) is 10. The van der Waals surface area contributed by atoms with Crippen LogP contribution in [0.2, 0.25) is 0 Å². The van der Waals surface area contributed by atoms with E-state index in [0.29, 0.717) is 36.2 Å². The number of carbonyl (C=O) groups excluding carboxylic acids is 5. The number of rotatable bonds is 19. The second-order valence-electron chi connectivity index (χ2n) is 12.1. The molecule has 0 aliphatic carbocycles. The predicted molar refractivity (Wildman–Crippen MR) is 207 cm³/mol. The maximum Gasteiger partial charge on any atom is 0.338 e. The van der Waals surface area contributed by atoms with Gasteiger partial charge in [-0.25, -0.2) is 9.59 Å². The van der Waals surface area contributed by atoms with Crippen molar-refractivity contribution in [2.45, 2.75) is 34.1 Å². The summed E-state index contributed by atoms with van der Waals surface area (Å²) < 4.78 is 15.9. The molecule has 0 aliphatic rings. The number of carbonyl (C=O) groups is 5. The van der Waals surface area contributed by atoms with Gasteiger partial charge in [0.05, 0.1) is 24.2 Å². The number of ketones is 2. The van der Waals surface area contributed by atoms with Gasteiger partial charge in [-0.05, 0) is 73.5 Å². The Labute approximate surface area is 311 Å². The Hall–Kier alpha value is -6.03. The standard InChI is InChI=1S/C43H46N2O8/c1-5-40(47)34-14-18-36(19-15-34)42(49)51-28-26-45(27-29-52-43(50)37-20-16-35(17-21-37)41(48)30-53-31(4)46)39-24-12-33(13-25-39)9-8-32-10-22-38(23-11-32)44(6-2)7-3/h8-25H,5-7,26-30H2,1-4H3/b9-8+. The molecule has 0 amide bonds. The minimum absolute atomic E-state index is 0.00401. The maximum absolute atomic E-state index is 12.8. The monoisotopic (exact) mass is 718 g/mol. The van der Waals surface area contributed by atoms with Crippen molar-refractivity contribution in [3.05, 3.63) is 130 Å². The van der Waals surface area contributed by atoms with Gasteiger partial charge in [-0.1, -0.05) is 67.6 Å². The molecule has 4 aromatic carbocycles. The summed E-state index contributed by atoms with van der Waals surface area (Å²) in [5, 5.41) is 0. The summed E-state index contributed by atoms with van der Waals surface area (Å²) >= 11 is 0. The minimum Gasteiger partial charge on any atom is -0.460 e. The first-order valence-corrected chi connectivity index (χ1v) is 17.7. The Bertz CT molecular complexity index is 1860. The summed E-state index contributed by atoms with van der Waals surface area (Å²) in [4.78, 5) is 65.0. The van der Waals surface area contributed by atoms with E-state index >= 15 is 0 Å². The molecule has 0 radical (unpaired) electrons. The van der Waals surface area contributed by atoms with E-state index in [9.17, 15) is 24.0 Å². The predicted octanol–water partition coefficient (Wildman–Crippen LogP) is 7.56. The van der Waals surface area contributed by atoms with Crippen molar-refractivity contribution < 1.29 is 38.2 Å². The van der Waals surface area contributed by atoms with Crippen molar-refractivity contribution in [2.75, 3.05) is 55.8 Å². The molecule has 53 heavy (non-hydrogen) atoms. The molecule has 0 aliphatic heterocycles. The van der Waals surface area contributed by atoms with Crippen LogP contribution >= 0.6 is 0 Å². The Morgan fingerprint density at radius 2 is 0.906 bits per heavy atom. The van der Waals surface area contributed by atoms with Gasteiger partial charge in [-0.3, -0.25) is 14.4 Å². The molecule has 0 spiro atoms. The largest absolute Gasteiger partial charge is 0.460 e. The van der Waals surface area contributed by atoms with Crippen molar-refractivity contribution in [3.63, 3.8) is 0 Å². The molecule has 0 saturated heterocycles. The van der Waals surface area contributed by atoms with Crippen molar-refractivity contribution in [3.8, 4) is 0 Å². The third kappa shape index (κ3) is 12.0. The zero-order chi connectivity index (χ0) is 38.2. The van der Waals surface area contributed by atoms with Gasteiger partial charge in [0.15, 0.2) is 18.2 Å². The molecular weight excluding hydrogens is 672 g/mol. The third-order valence-electron chi connectivity index (χ3n) is 8.55. The van der Waals surface area contributed by atoms with Crippen LogP contribution in [0.1, 0.15) is 86.7 Å². The quantitative estimate of drug-likeness (QED) is 0.0416. The Balaban J connectivity index is 1.40. The van der Waals surface area contributed by atoms with E-state index in [0.717, 1.165) is 29.9 Å². The summed E-state index contributed by atoms with van der Waals surface area (Å²) in [6, 6.07) is 28.7. The van der Waals surface area contributed by atoms with Crippen LogP contribution in [-0.2, 0) is 19.0 Å². The number of anilines is 2. The molecule has 0 saturated carbocycles. The van der Waals surface area contributed by atoms with E-state index in [1.165, 1.54) is 36.9 Å². The Kier molecular flexibility index (Phi) is 15.1. The Morgan fingerprint density at radius 3 is 1.30 bits per heavy atom. The smallest absolute Gasteiger partial charge is 0.338 e. The van der Waals surface area contributed by atoms with E-state index < -0.39 is 17.9 Å². The van der Waals surface area contributed by atoms with Gasteiger partial charge in [0, 0.05) is 48.9 Å². The summed E-state index contributed by atoms with van der Waals surface area (Å²) in [7, 11) is 0. The zero-order valence-electron chi connectivity index (χ0n) is 30.7. The van der Waals surface area contributed by atoms with Crippen LogP contribution in [0.3, 0.4) is 0 Å². The molecule has 4 rings (SSSR count). The van der Waals surface area contributed by atoms with E-state index in [1.807, 2.05) is 35.2 Å². The van der Waals surface area contributed by atoms with Crippen molar-refractivity contribution in [1.29, 1.82) is 0 Å². The van der Waals surface area contributed by atoms with Gasteiger partial charge < -0.3 is 24.0 Å². The molecule has 4 aromatic rings. The molecule has 0 heterocycles. The van der Waals surface area contributed by atoms with E-state index in [1.54, 1.807) is 31.2 Å². The van der Waals surface area contributed by atoms with E-state index in [2.05, 4.69) is 49.1 Å². The van der Waals surface area contributed by atoms with Crippen molar-refractivity contribution >= 4 is 53.0 Å². The van der Waals surface area contributed by atoms with Gasteiger partial charge in [0.25, 0.3) is 0 Å². The fourth-order valence-electron chi connectivity index (χ4n) is 5.45. The molecule has 0 atom stereocenters. The van der Waals surface area contributed by atoms with Crippen LogP contribution in [0, 0.1) is 0 Å². The maximum atomic E-state index is 12.8. The first-order chi connectivity index (χ1) is 25.6. The first-order valence-electron chi connectivity index (χ1n) is 17.7. The lowest BCUT2D eigenvalue weighted by molar-refractivity contribution is -0.139. The SMILES string of the molecule is CCC(=O)c1ccc(C(=O)OCCN(CCOC(=O)c2ccc(C(=O)COC(C)=O)cc2)c2ccc(/C=C/c3ccc(N(CC)CC)cc3)cc2)cc1. The highest BCUT2D eigenvalue weighted by atomic mass is 16.5. The average molecular weight is 719 g/mol. The van der Waals surface area contributed by atoms with E-state index in [-0.39, 0.29) is 37.0 Å². The van der Waals surface area contributed by atoms with Gasteiger partial charge in [-0.2, -0.15) is 0 Å². The van der Waals surface area contributed by atoms with Crippen LogP contribution in [0.5, 0.6) is 0 Å². The Morgan fingerprint density at radius 1 is 0.509 bits per heavy atom. The molecular formula is C43H46N2O8. The number of hydrogen-bond donors (Lipinski definition) is 0. The van der Waals surface area contributed by atoms with Crippen LogP contribution < -0.4 is 9.80 Å². The molecule has 0 bridgehead atoms. The normalized spacial score (nSPS) is 10.8. The second-order valence-corrected chi connectivity index (χ2v) is 12.1. The van der Waals surface area contributed by atoms with Crippen LogP contribution in [-0.4, -0.2) is 75.5 Å². The summed E-state index contributed by atoms with van der Waals surface area (Å²) in [5.41, 5.74) is 5.58. The molecule has 10 heteroatoms. The fourth-order valence-corrected chi connectivity index (χ4v) is 5.45. The van der Waals surface area contributed by atoms with Crippen molar-refractivity contribution in [2.24, 2.45) is 0 Å². The topological polar surface area (TPSA) is 120 Å². The number of Topliss-reactive ketones (excluding diaryl/α,β-unsaturated/α-hetero) is 2. The lowest BCUT2D eigenvalue weighted by Gasteiger charge is -2.24. The highest BCUT2D eigenvalue weighted by Gasteiger charge is 2.15. The highest BCUT2D eigenvalue weighted by molar-refractivity contribution is 5.99. The summed E-state index contributed by atoms with van der Waals surface area (Å²) in [6.07, 6.45) is 4.48. The lowest BCUT2D eigenvalue weighted by Crippen LogP contribution is -2.32. The van der Waals surface area contributed by atoms with Gasteiger partial charge in [0.1, 0.15) is 13.2 Å². The summed E-state index contributed by atoms with van der Waals surface area (Å²) in [5.74, 6) is -2.01. The molecule has 276 valence electrons. The number of ether oxygens (including phenoxy) is 3. The van der Waals surface area contributed by atoms with Gasteiger partial charge in [0.2, 0.25) is 0 Å². The first kappa shape index (κ1) is 39.8. The molecule has 0 aromatic heterocycles. The number of nitrogens with zero attached hydrogens (tertiary/aromatic N) is 2. The molecule has 10 nitrogen and oxygen atoms in total. The minimum atomic E-state index is -0.564. The average Bonchev–Trinajstić information content (AvgIpc) is 3.19. The zero-order valence-corrected chi connectivity index (χ0v) is 30.7. The number of benzene rings is 4. The fraction of sp³-hybridized carbons (Fsp3) is 0.279. The second kappa shape index (κ2) is 20.1. The van der Waals surface area contributed by atoms with Crippen LogP contribution in [0.4, 0.5) is 11.4 Å². The number of esters is 3. The van der Waals surface area contributed by atoms with Crippen LogP contribution in [0.25, 0.3) is 12.2 Å². The van der Waals surface area contributed by atoms with Crippen LogP contribution in [0.15, 0.2) is 97.1 Å².